The summed E-state index contributed by atoms with van der Waals surface area (Å²) in [6, 6.07) is 20.4. The zero-order valence-electron chi connectivity index (χ0n) is 14.8. The Labute approximate surface area is 148 Å². The number of benzene rings is 3. The highest BCUT2D eigenvalue weighted by molar-refractivity contribution is 6.09. The molecule has 0 radical (unpaired) electrons. The lowest BCUT2D eigenvalue weighted by Gasteiger charge is -2.07. The van der Waals surface area contributed by atoms with Crippen LogP contribution in [0.1, 0.15) is 29.2 Å². The van der Waals surface area contributed by atoms with Gasteiger partial charge in [-0.2, -0.15) is 5.10 Å². The minimum atomic E-state index is -0.108. The predicted molar refractivity (Wildman–Crippen MR) is 104 cm³/mol. The first-order valence-electron chi connectivity index (χ1n) is 8.42. The van der Waals surface area contributed by atoms with Crippen molar-refractivity contribution in [2.75, 3.05) is 0 Å². The van der Waals surface area contributed by atoms with Crippen LogP contribution in [0, 0.1) is 13.8 Å². The Morgan fingerprint density at radius 2 is 1.72 bits per heavy atom. The van der Waals surface area contributed by atoms with Crippen LogP contribution in [0.5, 0.6) is 0 Å². The molecule has 0 unspecified atom stereocenters. The number of hydrazone groups is 1. The number of carbonyl (C=O) groups is 1. The van der Waals surface area contributed by atoms with E-state index in [1.54, 1.807) is 0 Å². The summed E-state index contributed by atoms with van der Waals surface area (Å²) in [7, 11) is 0. The Hall–Kier alpha value is -2.94. The van der Waals surface area contributed by atoms with Crippen LogP contribution in [-0.2, 0) is 11.2 Å². The second-order valence-electron chi connectivity index (χ2n) is 6.35. The number of amides is 1. The van der Waals surface area contributed by atoms with Crippen LogP contribution >= 0.6 is 0 Å². The van der Waals surface area contributed by atoms with Gasteiger partial charge >= 0.3 is 0 Å². The van der Waals surface area contributed by atoms with Gasteiger partial charge in [0.1, 0.15) is 0 Å². The molecular formula is C22H22N2O. The van der Waals surface area contributed by atoms with Gasteiger partial charge in [-0.15, -0.1) is 0 Å². The van der Waals surface area contributed by atoms with E-state index in [2.05, 4.69) is 48.6 Å². The van der Waals surface area contributed by atoms with Crippen molar-refractivity contribution in [1.29, 1.82) is 0 Å². The summed E-state index contributed by atoms with van der Waals surface area (Å²) in [5.41, 5.74) is 7.93. The zero-order valence-corrected chi connectivity index (χ0v) is 14.8. The predicted octanol–water partition coefficient (Wildman–Crippen LogP) is 4.54. The molecule has 0 aliphatic rings. The van der Waals surface area contributed by atoms with Gasteiger partial charge in [-0.1, -0.05) is 60.7 Å². The van der Waals surface area contributed by atoms with E-state index < -0.39 is 0 Å². The third-order valence-electron chi connectivity index (χ3n) is 4.46. The average Bonchev–Trinajstić information content (AvgIpc) is 2.62. The van der Waals surface area contributed by atoms with Crippen LogP contribution in [0.4, 0.5) is 0 Å². The van der Waals surface area contributed by atoms with Gasteiger partial charge in [0.05, 0.1) is 12.1 Å². The van der Waals surface area contributed by atoms with Crippen LogP contribution in [-0.4, -0.2) is 11.6 Å². The molecule has 0 aliphatic heterocycles. The maximum Gasteiger partial charge on any atom is 0.244 e. The maximum atomic E-state index is 12.2. The highest BCUT2D eigenvalue weighted by Crippen LogP contribution is 2.19. The van der Waals surface area contributed by atoms with Crippen molar-refractivity contribution < 1.29 is 4.79 Å². The fourth-order valence-electron chi connectivity index (χ4n) is 2.89. The summed E-state index contributed by atoms with van der Waals surface area (Å²) in [4.78, 5) is 12.2. The first-order valence-corrected chi connectivity index (χ1v) is 8.42. The lowest BCUT2D eigenvalue weighted by Crippen LogP contribution is -2.21. The molecule has 1 N–H and O–H groups in total. The van der Waals surface area contributed by atoms with Crippen LogP contribution < -0.4 is 5.43 Å². The van der Waals surface area contributed by atoms with Crippen molar-refractivity contribution in [2.24, 2.45) is 5.10 Å². The Kier molecular flexibility index (Phi) is 4.94. The Morgan fingerprint density at radius 1 is 0.960 bits per heavy atom. The van der Waals surface area contributed by atoms with Crippen LogP contribution in [0.3, 0.4) is 0 Å². The number of rotatable bonds is 4. The number of fused-ring (bicyclic) bond motifs is 1. The smallest absolute Gasteiger partial charge is 0.244 e. The third-order valence-corrected chi connectivity index (χ3v) is 4.46. The molecule has 0 bridgehead atoms. The number of aryl methyl sites for hydroxylation is 2. The molecule has 0 aromatic heterocycles. The average molecular weight is 330 g/mol. The summed E-state index contributed by atoms with van der Waals surface area (Å²) in [6.45, 7) is 6.04. The van der Waals surface area contributed by atoms with E-state index in [4.69, 9.17) is 0 Å². The van der Waals surface area contributed by atoms with Crippen molar-refractivity contribution in [1.82, 2.24) is 5.43 Å². The van der Waals surface area contributed by atoms with Gasteiger partial charge in [0, 0.05) is 5.56 Å². The maximum absolute atomic E-state index is 12.2. The number of nitrogens with one attached hydrogen (secondary N) is 1. The van der Waals surface area contributed by atoms with Gasteiger partial charge in [0.2, 0.25) is 5.91 Å². The molecule has 126 valence electrons. The Bertz CT molecular complexity index is 952. The normalized spacial score (nSPS) is 11.6. The van der Waals surface area contributed by atoms with E-state index in [-0.39, 0.29) is 5.91 Å². The van der Waals surface area contributed by atoms with Gasteiger partial charge in [0.25, 0.3) is 0 Å². The van der Waals surface area contributed by atoms with Crippen molar-refractivity contribution in [3.63, 3.8) is 0 Å². The SMILES string of the molecule is C/C(=N/NC(=O)Cc1ccc(C)c(C)c1)c1cccc2ccccc12. The summed E-state index contributed by atoms with van der Waals surface area (Å²) < 4.78 is 0. The molecule has 0 fully saturated rings. The first kappa shape index (κ1) is 16.9. The van der Waals surface area contributed by atoms with E-state index in [9.17, 15) is 4.79 Å². The lowest BCUT2D eigenvalue weighted by molar-refractivity contribution is -0.120. The fourth-order valence-corrected chi connectivity index (χ4v) is 2.89. The fraction of sp³-hybridized carbons (Fsp3) is 0.182. The van der Waals surface area contributed by atoms with Crippen LogP contribution in [0.15, 0.2) is 65.8 Å². The highest BCUT2D eigenvalue weighted by atomic mass is 16.2. The molecule has 3 heteroatoms. The molecule has 0 heterocycles. The number of hydrogen-bond acceptors (Lipinski definition) is 2. The van der Waals surface area contributed by atoms with Crippen LogP contribution in [0.2, 0.25) is 0 Å². The molecule has 25 heavy (non-hydrogen) atoms. The van der Waals surface area contributed by atoms with Crippen LogP contribution in [0.25, 0.3) is 10.8 Å². The quantitative estimate of drug-likeness (QED) is 0.554. The Morgan fingerprint density at radius 3 is 2.52 bits per heavy atom. The second-order valence-corrected chi connectivity index (χ2v) is 6.35. The topological polar surface area (TPSA) is 41.5 Å². The number of carbonyl (C=O) groups excluding carboxylic acids is 1. The monoisotopic (exact) mass is 330 g/mol. The number of nitrogens with zero attached hydrogens (tertiary/aromatic N) is 1. The molecule has 1 amide bonds. The standard InChI is InChI=1S/C22H22N2O/c1-15-11-12-18(13-16(15)2)14-22(25)24-23-17(3)20-10-6-8-19-7-4-5-9-21(19)20/h4-13H,14H2,1-3H3,(H,24,25)/b23-17-. The molecule has 3 aromatic rings. The third kappa shape index (κ3) is 3.94. The summed E-state index contributed by atoms with van der Waals surface area (Å²) >= 11 is 0. The molecule has 3 rings (SSSR count). The summed E-state index contributed by atoms with van der Waals surface area (Å²) in [6.07, 6.45) is 0.327. The lowest BCUT2D eigenvalue weighted by atomic mass is 10.0. The van der Waals surface area contributed by atoms with Crippen molar-refractivity contribution >= 4 is 22.4 Å². The van der Waals surface area contributed by atoms with Gasteiger partial charge in [-0.25, -0.2) is 5.43 Å². The first-order chi connectivity index (χ1) is 12.0. The molecule has 0 saturated carbocycles. The van der Waals surface area contributed by atoms with Crippen molar-refractivity contribution in [2.45, 2.75) is 27.2 Å². The van der Waals surface area contributed by atoms with E-state index in [1.165, 1.54) is 11.1 Å². The van der Waals surface area contributed by atoms with E-state index >= 15 is 0 Å². The molecule has 0 spiro atoms. The van der Waals surface area contributed by atoms with E-state index in [0.717, 1.165) is 27.6 Å². The molecule has 3 nitrogen and oxygen atoms in total. The molecule has 3 aromatic carbocycles. The van der Waals surface area contributed by atoms with Gasteiger partial charge in [-0.05, 0) is 48.2 Å². The summed E-state index contributed by atoms with van der Waals surface area (Å²) in [5, 5.41) is 6.59. The number of hydrogen-bond donors (Lipinski definition) is 1. The van der Waals surface area contributed by atoms with Gasteiger partial charge < -0.3 is 0 Å². The van der Waals surface area contributed by atoms with Crippen molar-refractivity contribution in [3.05, 3.63) is 82.9 Å². The van der Waals surface area contributed by atoms with Gasteiger partial charge in [-0.3, -0.25) is 4.79 Å². The minimum absolute atomic E-state index is 0.108. The Balaban J connectivity index is 1.74. The van der Waals surface area contributed by atoms with Crippen molar-refractivity contribution in [3.8, 4) is 0 Å². The highest BCUT2D eigenvalue weighted by Gasteiger charge is 2.06. The van der Waals surface area contributed by atoms with E-state index in [0.29, 0.717) is 6.42 Å². The summed E-state index contributed by atoms with van der Waals surface area (Å²) in [5.74, 6) is -0.108. The molecule has 0 saturated heterocycles. The minimum Gasteiger partial charge on any atom is -0.273 e. The largest absolute Gasteiger partial charge is 0.273 e. The molecular weight excluding hydrogens is 308 g/mol. The molecule has 0 atom stereocenters. The zero-order chi connectivity index (χ0) is 17.8. The molecule has 0 aliphatic carbocycles. The van der Waals surface area contributed by atoms with E-state index in [1.807, 2.05) is 43.3 Å². The van der Waals surface area contributed by atoms with Gasteiger partial charge in [0.15, 0.2) is 0 Å². The second kappa shape index (κ2) is 7.31.